The second-order valence-electron chi connectivity index (χ2n) is 3.91. The van der Waals surface area contributed by atoms with Gasteiger partial charge in [-0.1, -0.05) is 0 Å². The van der Waals surface area contributed by atoms with Crippen molar-refractivity contribution in [2.75, 3.05) is 10.1 Å². The maximum Gasteiger partial charge on any atom is 0.267 e. The van der Waals surface area contributed by atoms with Crippen LogP contribution in [0.4, 0.5) is 10.9 Å². The summed E-state index contributed by atoms with van der Waals surface area (Å²) in [5.41, 5.74) is 3.05. The van der Waals surface area contributed by atoms with Crippen LogP contribution in [0.25, 0.3) is 0 Å². The molecule has 2 aromatic rings. The van der Waals surface area contributed by atoms with E-state index >= 15 is 0 Å². The van der Waals surface area contributed by atoms with Crippen LogP contribution in [0.1, 0.15) is 10.6 Å². The monoisotopic (exact) mass is 377 g/mol. The molecule has 2 heterocycles. The van der Waals surface area contributed by atoms with Gasteiger partial charge in [0.15, 0.2) is 10.9 Å². The number of rotatable bonds is 4. The summed E-state index contributed by atoms with van der Waals surface area (Å²) < 4.78 is 27.7. The third-order valence-electron chi connectivity index (χ3n) is 2.50. The van der Waals surface area contributed by atoms with Crippen LogP contribution in [0, 0.1) is 13.8 Å². The first-order valence-electron chi connectivity index (χ1n) is 5.42. The van der Waals surface area contributed by atoms with E-state index in [1.807, 2.05) is 13.8 Å². The van der Waals surface area contributed by atoms with Gasteiger partial charge in [0.2, 0.25) is 0 Å². The third-order valence-corrected chi connectivity index (χ3v) is 5.40. The average molecular weight is 378 g/mol. The number of aromatic nitrogens is 2. The van der Waals surface area contributed by atoms with E-state index in [2.05, 4.69) is 36.0 Å². The molecule has 0 amide bonds. The molecule has 0 fully saturated rings. The lowest BCUT2D eigenvalue weighted by molar-refractivity contribution is 0.601. The summed E-state index contributed by atoms with van der Waals surface area (Å²) in [6, 6.07) is 1.41. The lowest BCUT2D eigenvalue weighted by atomic mass is 10.4. The van der Waals surface area contributed by atoms with Crippen LogP contribution >= 0.6 is 27.3 Å². The zero-order chi connectivity index (χ0) is 14.9. The SMILES string of the molecule is Cc1nc(NS(=O)(=O)c2cc(Br)cnc2NN)sc1C. The third kappa shape index (κ3) is 3.08. The zero-order valence-electron chi connectivity index (χ0n) is 10.6. The molecule has 0 bridgehead atoms. The molecule has 0 spiro atoms. The van der Waals surface area contributed by atoms with E-state index in [0.29, 0.717) is 9.60 Å². The molecule has 0 aliphatic heterocycles. The maximum absolute atomic E-state index is 12.4. The molecule has 0 aliphatic rings. The summed E-state index contributed by atoms with van der Waals surface area (Å²) in [7, 11) is -3.82. The van der Waals surface area contributed by atoms with Gasteiger partial charge in [-0.25, -0.2) is 24.2 Å². The van der Waals surface area contributed by atoms with Crippen LogP contribution < -0.4 is 16.0 Å². The topological polar surface area (TPSA) is 110 Å². The number of hydrazine groups is 1. The second-order valence-corrected chi connectivity index (χ2v) is 7.68. The summed E-state index contributed by atoms with van der Waals surface area (Å²) in [4.78, 5) is 8.95. The van der Waals surface area contributed by atoms with Crippen molar-refractivity contribution in [3.8, 4) is 0 Å². The number of sulfonamides is 1. The number of hydrogen-bond acceptors (Lipinski definition) is 7. The number of aryl methyl sites for hydroxylation is 2. The highest BCUT2D eigenvalue weighted by molar-refractivity contribution is 9.10. The first-order valence-corrected chi connectivity index (χ1v) is 8.52. The van der Waals surface area contributed by atoms with Crippen LogP contribution in [-0.2, 0) is 10.0 Å². The fraction of sp³-hybridized carbons (Fsp3) is 0.200. The van der Waals surface area contributed by atoms with Crippen molar-refractivity contribution in [3.63, 3.8) is 0 Å². The van der Waals surface area contributed by atoms with Crippen LogP contribution in [0.5, 0.6) is 0 Å². The summed E-state index contributed by atoms with van der Waals surface area (Å²) in [6.45, 7) is 3.69. The van der Waals surface area contributed by atoms with Crippen molar-refractivity contribution < 1.29 is 8.42 Å². The van der Waals surface area contributed by atoms with Gasteiger partial charge in [0, 0.05) is 15.5 Å². The van der Waals surface area contributed by atoms with Crippen molar-refractivity contribution in [2.24, 2.45) is 5.84 Å². The van der Waals surface area contributed by atoms with E-state index in [4.69, 9.17) is 5.84 Å². The maximum atomic E-state index is 12.4. The first-order chi connectivity index (χ1) is 9.33. The number of hydrogen-bond donors (Lipinski definition) is 3. The molecular weight excluding hydrogens is 366 g/mol. The summed E-state index contributed by atoms with van der Waals surface area (Å²) >= 11 is 4.45. The van der Waals surface area contributed by atoms with Gasteiger partial charge in [-0.3, -0.25) is 4.72 Å². The van der Waals surface area contributed by atoms with Crippen LogP contribution in [-0.4, -0.2) is 18.4 Å². The standard InChI is InChI=1S/C10H12BrN5O2S2/c1-5-6(2)19-10(14-5)16-20(17,18)8-3-7(11)4-13-9(8)15-12/h3-4H,12H2,1-2H3,(H,13,15)(H,14,16). The Balaban J connectivity index is 2.42. The number of nitrogen functional groups attached to an aromatic ring is 1. The predicted molar refractivity (Wildman–Crippen MR) is 82.1 cm³/mol. The van der Waals surface area contributed by atoms with Crippen LogP contribution in [0.2, 0.25) is 0 Å². The predicted octanol–water partition coefficient (Wildman–Crippen LogP) is 2.00. The van der Waals surface area contributed by atoms with Gasteiger partial charge in [-0.15, -0.1) is 11.3 Å². The normalized spacial score (nSPS) is 11.4. The number of pyridine rings is 1. The van der Waals surface area contributed by atoms with Gasteiger partial charge in [0.05, 0.1) is 5.69 Å². The largest absolute Gasteiger partial charge is 0.307 e. The van der Waals surface area contributed by atoms with E-state index in [-0.39, 0.29) is 10.7 Å². The highest BCUT2D eigenvalue weighted by atomic mass is 79.9. The fourth-order valence-corrected chi connectivity index (χ4v) is 4.10. The van der Waals surface area contributed by atoms with Gasteiger partial charge in [-0.2, -0.15) is 0 Å². The zero-order valence-corrected chi connectivity index (χ0v) is 13.9. The molecule has 0 radical (unpaired) electrons. The molecule has 0 saturated carbocycles. The quantitative estimate of drug-likeness (QED) is 0.555. The minimum atomic E-state index is -3.82. The molecular formula is C10H12BrN5O2S2. The Morgan fingerprint density at radius 1 is 1.40 bits per heavy atom. The fourth-order valence-electron chi connectivity index (χ4n) is 1.42. The molecule has 2 aromatic heterocycles. The van der Waals surface area contributed by atoms with Gasteiger partial charge < -0.3 is 5.43 Å². The molecule has 0 unspecified atom stereocenters. The highest BCUT2D eigenvalue weighted by Crippen LogP contribution is 2.27. The van der Waals surface area contributed by atoms with E-state index in [9.17, 15) is 8.42 Å². The molecule has 7 nitrogen and oxygen atoms in total. The molecule has 0 aliphatic carbocycles. The van der Waals surface area contributed by atoms with Gasteiger partial charge in [0.25, 0.3) is 10.0 Å². The number of nitrogens with zero attached hydrogens (tertiary/aromatic N) is 2. The van der Waals surface area contributed by atoms with Crippen molar-refractivity contribution in [3.05, 3.63) is 27.3 Å². The van der Waals surface area contributed by atoms with E-state index in [1.165, 1.54) is 23.6 Å². The second kappa shape index (κ2) is 5.64. The Morgan fingerprint density at radius 3 is 2.65 bits per heavy atom. The molecule has 108 valence electrons. The van der Waals surface area contributed by atoms with Gasteiger partial charge in [-0.05, 0) is 35.8 Å². The highest BCUT2D eigenvalue weighted by Gasteiger charge is 2.21. The molecule has 0 saturated heterocycles. The Morgan fingerprint density at radius 2 is 2.10 bits per heavy atom. The van der Waals surface area contributed by atoms with Crippen molar-refractivity contribution >= 4 is 48.2 Å². The molecule has 20 heavy (non-hydrogen) atoms. The molecule has 2 rings (SSSR count). The molecule has 4 N–H and O–H groups in total. The Kier molecular flexibility index (Phi) is 4.28. The Bertz CT molecular complexity index is 725. The number of nitrogens with one attached hydrogen (secondary N) is 2. The van der Waals surface area contributed by atoms with Crippen molar-refractivity contribution in [1.29, 1.82) is 0 Å². The lowest BCUT2D eigenvalue weighted by Gasteiger charge is -2.09. The number of halogens is 1. The van der Waals surface area contributed by atoms with E-state index in [1.54, 1.807) is 0 Å². The smallest absolute Gasteiger partial charge is 0.267 e. The summed E-state index contributed by atoms with van der Waals surface area (Å²) in [6.07, 6.45) is 1.45. The number of anilines is 2. The summed E-state index contributed by atoms with van der Waals surface area (Å²) in [5.74, 6) is 5.35. The first kappa shape index (κ1) is 15.2. The van der Waals surface area contributed by atoms with Gasteiger partial charge in [0.1, 0.15) is 4.90 Å². The van der Waals surface area contributed by atoms with E-state index < -0.39 is 10.0 Å². The Labute approximate surface area is 128 Å². The number of thiazole rings is 1. The molecule has 10 heteroatoms. The van der Waals surface area contributed by atoms with E-state index in [0.717, 1.165) is 10.6 Å². The molecule has 0 atom stereocenters. The van der Waals surface area contributed by atoms with Crippen molar-refractivity contribution in [2.45, 2.75) is 18.7 Å². The minimum absolute atomic E-state index is 0.0557. The van der Waals surface area contributed by atoms with Crippen LogP contribution in [0.15, 0.2) is 21.6 Å². The minimum Gasteiger partial charge on any atom is -0.307 e. The van der Waals surface area contributed by atoms with Gasteiger partial charge >= 0.3 is 0 Å². The lowest BCUT2D eigenvalue weighted by Crippen LogP contribution is -2.18. The average Bonchev–Trinajstić information content (AvgIpc) is 2.67. The Hall–Kier alpha value is -1.23. The molecule has 0 aromatic carbocycles. The van der Waals surface area contributed by atoms with Crippen LogP contribution in [0.3, 0.4) is 0 Å². The van der Waals surface area contributed by atoms with Crippen molar-refractivity contribution in [1.82, 2.24) is 9.97 Å². The number of nitrogens with two attached hydrogens (primary N) is 1. The summed E-state index contributed by atoms with van der Waals surface area (Å²) in [5, 5.41) is 0.308.